The number of tetrazole rings is 1. The number of hydrogen-bond donors (Lipinski definition) is 0. The molecular formula is C15H20N10. The first-order valence-corrected chi connectivity index (χ1v) is 8.71. The van der Waals surface area contributed by atoms with Gasteiger partial charge < -0.3 is 4.90 Å². The second kappa shape index (κ2) is 5.73. The normalized spacial score (nSPS) is 22.0. The molecule has 0 amide bonds. The maximum Gasteiger partial charge on any atom is 0.177 e. The van der Waals surface area contributed by atoms with Crippen molar-refractivity contribution in [1.82, 2.24) is 44.9 Å². The van der Waals surface area contributed by atoms with E-state index in [0.29, 0.717) is 12.1 Å². The number of rotatable bonds is 4. The lowest BCUT2D eigenvalue weighted by atomic mass is 10.2. The molecule has 0 N–H and O–H groups in total. The topological polar surface area (TPSA) is 93.2 Å². The van der Waals surface area contributed by atoms with Crippen LogP contribution in [0.3, 0.4) is 0 Å². The van der Waals surface area contributed by atoms with Crippen LogP contribution in [-0.2, 0) is 6.54 Å². The van der Waals surface area contributed by atoms with Crippen molar-refractivity contribution in [3.05, 3.63) is 24.3 Å². The highest BCUT2D eigenvalue weighted by Gasteiger charge is 2.30. The highest BCUT2D eigenvalue weighted by atomic mass is 15.6. The van der Waals surface area contributed by atoms with Gasteiger partial charge in [-0.25, -0.2) is 4.68 Å². The summed E-state index contributed by atoms with van der Waals surface area (Å²) in [6.45, 7) is 5.88. The minimum Gasteiger partial charge on any atom is -0.350 e. The smallest absolute Gasteiger partial charge is 0.177 e. The Hall–Kier alpha value is -2.62. The zero-order chi connectivity index (χ0) is 16.8. The number of piperazine rings is 1. The van der Waals surface area contributed by atoms with Gasteiger partial charge in [0.25, 0.3) is 0 Å². The molecule has 1 aliphatic heterocycles. The van der Waals surface area contributed by atoms with Crippen molar-refractivity contribution in [1.29, 1.82) is 0 Å². The molecule has 10 nitrogen and oxygen atoms in total. The predicted octanol–water partition coefficient (Wildman–Crippen LogP) is 0.156. The van der Waals surface area contributed by atoms with Gasteiger partial charge in [0.05, 0.1) is 12.6 Å². The Labute approximate surface area is 144 Å². The van der Waals surface area contributed by atoms with Crippen LogP contribution in [0, 0.1) is 0 Å². The van der Waals surface area contributed by atoms with Gasteiger partial charge in [-0.2, -0.15) is 4.52 Å². The number of fused-ring (bicyclic) bond motifs is 1. The standard InChI is InChI=1S/C15H20N10/c1-11-8-22(9-15-18-20-21-25(15)12-2-3-12)6-7-23(11)14-5-4-13-17-16-10-24(13)19-14/h4-5,10-12H,2-3,6-9H2,1H3. The second-order valence-electron chi connectivity index (χ2n) is 6.87. The molecule has 3 aromatic heterocycles. The molecule has 1 aliphatic carbocycles. The quantitative estimate of drug-likeness (QED) is 0.663. The molecule has 10 heteroatoms. The summed E-state index contributed by atoms with van der Waals surface area (Å²) in [7, 11) is 0. The fourth-order valence-corrected chi connectivity index (χ4v) is 3.51. The van der Waals surface area contributed by atoms with Gasteiger partial charge in [-0.1, -0.05) is 0 Å². The van der Waals surface area contributed by atoms with Gasteiger partial charge in [-0.3, -0.25) is 4.90 Å². The summed E-state index contributed by atoms with van der Waals surface area (Å²) in [4.78, 5) is 4.75. The van der Waals surface area contributed by atoms with Crippen LogP contribution in [0.5, 0.6) is 0 Å². The van der Waals surface area contributed by atoms with Crippen molar-refractivity contribution < 1.29 is 0 Å². The first kappa shape index (κ1) is 14.7. The van der Waals surface area contributed by atoms with Crippen LogP contribution in [0.1, 0.15) is 31.6 Å². The molecule has 130 valence electrons. The SMILES string of the molecule is CC1CN(Cc2nnnn2C2CC2)CCN1c1ccc2nncn2n1. The lowest BCUT2D eigenvalue weighted by molar-refractivity contribution is 0.211. The molecular weight excluding hydrogens is 320 g/mol. The monoisotopic (exact) mass is 340 g/mol. The molecule has 2 aliphatic rings. The molecule has 5 rings (SSSR count). The van der Waals surface area contributed by atoms with E-state index in [4.69, 9.17) is 0 Å². The number of aromatic nitrogens is 8. The van der Waals surface area contributed by atoms with Crippen molar-refractivity contribution in [3.63, 3.8) is 0 Å². The first-order valence-electron chi connectivity index (χ1n) is 8.71. The van der Waals surface area contributed by atoms with Gasteiger partial charge in [0.15, 0.2) is 11.5 Å². The van der Waals surface area contributed by atoms with E-state index in [2.05, 4.69) is 47.5 Å². The fraction of sp³-hybridized carbons (Fsp3) is 0.600. The van der Waals surface area contributed by atoms with E-state index in [1.165, 1.54) is 12.8 Å². The lowest BCUT2D eigenvalue weighted by Gasteiger charge is -2.40. The van der Waals surface area contributed by atoms with Gasteiger partial charge in [-0.05, 0) is 42.3 Å². The molecule has 4 heterocycles. The minimum atomic E-state index is 0.362. The van der Waals surface area contributed by atoms with Gasteiger partial charge in [0.1, 0.15) is 12.1 Å². The van der Waals surface area contributed by atoms with E-state index in [9.17, 15) is 0 Å². The molecule has 1 unspecified atom stereocenters. The van der Waals surface area contributed by atoms with E-state index in [-0.39, 0.29) is 0 Å². The van der Waals surface area contributed by atoms with Crippen molar-refractivity contribution in [2.45, 2.75) is 38.4 Å². The lowest BCUT2D eigenvalue weighted by Crippen LogP contribution is -2.52. The third-order valence-electron chi connectivity index (χ3n) is 4.97. The van der Waals surface area contributed by atoms with Crippen molar-refractivity contribution >= 4 is 11.5 Å². The fourth-order valence-electron chi connectivity index (χ4n) is 3.51. The Balaban J connectivity index is 1.29. The Bertz CT molecular complexity index is 881. The molecule has 1 saturated carbocycles. The van der Waals surface area contributed by atoms with Crippen molar-refractivity contribution in [2.75, 3.05) is 24.5 Å². The summed E-state index contributed by atoms with van der Waals surface area (Å²) in [5, 5.41) is 24.7. The highest BCUT2D eigenvalue weighted by molar-refractivity contribution is 5.46. The van der Waals surface area contributed by atoms with E-state index in [1.807, 2.05) is 16.8 Å². The van der Waals surface area contributed by atoms with Gasteiger partial charge >= 0.3 is 0 Å². The third-order valence-corrected chi connectivity index (χ3v) is 4.97. The maximum atomic E-state index is 4.62. The van der Waals surface area contributed by atoms with Crippen molar-refractivity contribution in [3.8, 4) is 0 Å². The molecule has 0 bridgehead atoms. The maximum absolute atomic E-state index is 4.62. The molecule has 0 radical (unpaired) electrons. The summed E-state index contributed by atoms with van der Waals surface area (Å²) in [6.07, 6.45) is 4.02. The van der Waals surface area contributed by atoms with E-state index >= 15 is 0 Å². The third kappa shape index (κ3) is 2.72. The molecule has 0 aromatic carbocycles. The molecule has 3 aromatic rings. The van der Waals surface area contributed by atoms with Gasteiger partial charge in [-0.15, -0.1) is 20.4 Å². The minimum absolute atomic E-state index is 0.362. The summed E-state index contributed by atoms with van der Waals surface area (Å²) < 4.78 is 3.72. The first-order chi connectivity index (χ1) is 12.3. The predicted molar refractivity (Wildman–Crippen MR) is 89.0 cm³/mol. The molecule has 1 atom stereocenters. The Kier molecular flexibility index (Phi) is 3.37. The molecule has 2 fully saturated rings. The largest absolute Gasteiger partial charge is 0.350 e. The van der Waals surface area contributed by atoms with Gasteiger partial charge in [0, 0.05) is 25.7 Å². The van der Waals surface area contributed by atoms with Crippen LogP contribution in [0.4, 0.5) is 5.82 Å². The van der Waals surface area contributed by atoms with Crippen LogP contribution in [0.15, 0.2) is 18.5 Å². The van der Waals surface area contributed by atoms with E-state index < -0.39 is 0 Å². The Morgan fingerprint density at radius 1 is 1.16 bits per heavy atom. The summed E-state index contributed by atoms with van der Waals surface area (Å²) in [5.74, 6) is 1.94. The zero-order valence-electron chi connectivity index (χ0n) is 14.1. The van der Waals surface area contributed by atoms with Crippen LogP contribution in [0.2, 0.25) is 0 Å². The summed E-state index contributed by atoms with van der Waals surface area (Å²) in [5.41, 5.74) is 0.766. The van der Waals surface area contributed by atoms with Crippen molar-refractivity contribution in [2.24, 2.45) is 0 Å². The average Bonchev–Trinajstić information content (AvgIpc) is 3.16. The van der Waals surface area contributed by atoms with Crippen LogP contribution < -0.4 is 4.90 Å². The number of hydrogen-bond acceptors (Lipinski definition) is 8. The second-order valence-corrected chi connectivity index (χ2v) is 6.87. The molecule has 25 heavy (non-hydrogen) atoms. The number of nitrogens with zero attached hydrogens (tertiary/aromatic N) is 10. The van der Waals surface area contributed by atoms with Crippen LogP contribution >= 0.6 is 0 Å². The molecule has 1 saturated heterocycles. The van der Waals surface area contributed by atoms with E-state index in [1.54, 1.807) is 10.8 Å². The highest BCUT2D eigenvalue weighted by Crippen LogP contribution is 2.34. The molecule has 0 spiro atoms. The van der Waals surface area contributed by atoms with Crippen LogP contribution in [0.25, 0.3) is 5.65 Å². The Morgan fingerprint density at radius 2 is 2.08 bits per heavy atom. The Morgan fingerprint density at radius 3 is 2.92 bits per heavy atom. The van der Waals surface area contributed by atoms with Crippen LogP contribution in [-0.4, -0.2) is 70.6 Å². The average molecular weight is 340 g/mol. The number of anilines is 1. The summed E-state index contributed by atoms with van der Waals surface area (Å²) in [6, 6.07) is 4.85. The zero-order valence-corrected chi connectivity index (χ0v) is 14.1. The van der Waals surface area contributed by atoms with Gasteiger partial charge in [0.2, 0.25) is 0 Å². The summed E-state index contributed by atoms with van der Waals surface area (Å²) >= 11 is 0. The van der Waals surface area contributed by atoms with E-state index in [0.717, 1.165) is 43.5 Å².